The molecule has 0 aliphatic heterocycles. The Morgan fingerprint density at radius 3 is 1.93 bits per heavy atom. The van der Waals surface area contributed by atoms with Crippen molar-refractivity contribution in [2.75, 3.05) is 10.8 Å². The van der Waals surface area contributed by atoms with E-state index < -0.39 is 28.5 Å². The fourth-order valence-electron chi connectivity index (χ4n) is 4.51. The average Bonchev–Trinajstić information content (AvgIpc) is 3.00. The van der Waals surface area contributed by atoms with Gasteiger partial charge in [0.05, 0.1) is 10.6 Å². The zero-order chi connectivity index (χ0) is 31.0. The number of nitrogens with zero attached hydrogens (tertiary/aromatic N) is 2. The van der Waals surface area contributed by atoms with E-state index in [0.29, 0.717) is 11.5 Å². The number of carbonyl (C=O) groups is 2. The second kappa shape index (κ2) is 14.0. The molecule has 0 aliphatic rings. The van der Waals surface area contributed by atoms with Crippen LogP contribution in [0.15, 0.2) is 114 Å². The van der Waals surface area contributed by atoms with Crippen molar-refractivity contribution in [3.05, 3.63) is 120 Å². The van der Waals surface area contributed by atoms with Crippen LogP contribution in [-0.2, 0) is 26.2 Å². The Hall–Kier alpha value is -4.63. The molecule has 4 aromatic rings. The summed E-state index contributed by atoms with van der Waals surface area (Å²) in [6.07, 6.45) is 0. The smallest absolute Gasteiger partial charge is 0.264 e. The first-order valence-corrected chi connectivity index (χ1v) is 15.6. The highest BCUT2D eigenvalue weighted by Gasteiger charge is 2.32. The van der Waals surface area contributed by atoms with Crippen LogP contribution in [-0.4, -0.2) is 43.8 Å². The zero-order valence-electron chi connectivity index (χ0n) is 24.8. The summed E-state index contributed by atoms with van der Waals surface area (Å²) in [7, 11) is -4.16. The Balaban J connectivity index is 1.70. The molecule has 0 bridgehead atoms. The van der Waals surface area contributed by atoms with Gasteiger partial charge in [0.2, 0.25) is 11.8 Å². The summed E-state index contributed by atoms with van der Waals surface area (Å²) in [5.41, 5.74) is 2.10. The highest BCUT2D eigenvalue weighted by atomic mass is 32.2. The standard InChI is InChI=1S/C34H37N3O5S/c1-25(2)35-34(39)27(4)36(23-28-14-12-11-13-26(28)3)33(38)24-37(43(40,41)32-17-9-6-10-18-32)29-19-21-31(22-20-29)42-30-15-7-5-8-16-30/h5-22,25,27H,23-24H2,1-4H3,(H,35,39)/t27-/m0/s1. The van der Waals surface area contributed by atoms with Crippen molar-refractivity contribution in [3.8, 4) is 11.5 Å². The Bertz CT molecular complexity index is 1630. The minimum atomic E-state index is -4.16. The first-order valence-electron chi connectivity index (χ1n) is 14.1. The molecular formula is C34H37N3O5S. The molecule has 0 spiro atoms. The molecule has 0 saturated heterocycles. The molecule has 0 aromatic heterocycles. The molecule has 2 amide bonds. The van der Waals surface area contributed by atoms with Crippen LogP contribution in [0.25, 0.3) is 0 Å². The van der Waals surface area contributed by atoms with E-state index in [1.54, 1.807) is 49.4 Å². The third-order valence-electron chi connectivity index (χ3n) is 6.91. The Morgan fingerprint density at radius 2 is 1.33 bits per heavy atom. The van der Waals surface area contributed by atoms with E-state index in [2.05, 4.69) is 5.32 Å². The minimum Gasteiger partial charge on any atom is -0.457 e. The van der Waals surface area contributed by atoms with Gasteiger partial charge in [-0.05, 0) is 87.4 Å². The number of para-hydroxylation sites is 1. The van der Waals surface area contributed by atoms with Crippen LogP contribution >= 0.6 is 0 Å². The third-order valence-corrected chi connectivity index (χ3v) is 8.70. The molecule has 9 heteroatoms. The van der Waals surface area contributed by atoms with E-state index in [1.807, 2.05) is 75.4 Å². The quantitative estimate of drug-likeness (QED) is 0.218. The summed E-state index contributed by atoms with van der Waals surface area (Å²) in [5, 5.41) is 2.87. The van der Waals surface area contributed by atoms with Gasteiger partial charge >= 0.3 is 0 Å². The maximum absolute atomic E-state index is 14.1. The highest BCUT2D eigenvalue weighted by molar-refractivity contribution is 7.92. The summed E-state index contributed by atoms with van der Waals surface area (Å²) < 4.78 is 34.9. The predicted molar refractivity (Wildman–Crippen MR) is 168 cm³/mol. The van der Waals surface area contributed by atoms with Crippen molar-refractivity contribution < 1.29 is 22.7 Å². The van der Waals surface area contributed by atoms with Gasteiger partial charge in [-0.1, -0.05) is 60.7 Å². The molecule has 43 heavy (non-hydrogen) atoms. The van der Waals surface area contributed by atoms with Crippen molar-refractivity contribution >= 4 is 27.5 Å². The molecule has 8 nitrogen and oxygen atoms in total. The second-order valence-electron chi connectivity index (χ2n) is 10.5. The molecule has 1 N–H and O–H groups in total. The van der Waals surface area contributed by atoms with Gasteiger partial charge in [0.15, 0.2) is 0 Å². The number of rotatable bonds is 12. The van der Waals surface area contributed by atoms with Crippen LogP contribution in [0.3, 0.4) is 0 Å². The number of nitrogens with one attached hydrogen (secondary N) is 1. The summed E-state index contributed by atoms with van der Waals surface area (Å²) in [4.78, 5) is 28.6. The first-order chi connectivity index (χ1) is 20.6. The van der Waals surface area contributed by atoms with E-state index in [9.17, 15) is 18.0 Å². The molecule has 224 valence electrons. The van der Waals surface area contributed by atoms with Gasteiger partial charge in [-0.3, -0.25) is 13.9 Å². The number of aryl methyl sites for hydroxylation is 1. The van der Waals surface area contributed by atoms with Crippen molar-refractivity contribution in [2.24, 2.45) is 0 Å². The lowest BCUT2D eigenvalue weighted by atomic mass is 10.1. The van der Waals surface area contributed by atoms with Crippen LogP contribution in [0, 0.1) is 6.92 Å². The third kappa shape index (κ3) is 8.02. The van der Waals surface area contributed by atoms with Gasteiger partial charge in [0.25, 0.3) is 10.0 Å². The van der Waals surface area contributed by atoms with E-state index in [4.69, 9.17) is 4.74 Å². The van der Waals surface area contributed by atoms with Crippen LogP contribution in [0.4, 0.5) is 5.69 Å². The molecule has 0 saturated carbocycles. The lowest BCUT2D eigenvalue weighted by Gasteiger charge is -2.32. The number of benzene rings is 4. The SMILES string of the molecule is Cc1ccccc1CN(C(=O)CN(c1ccc(Oc2ccccc2)cc1)S(=O)(=O)c1ccccc1)[C@@H](C)C(=O)NC(C)C. The van der Waals surface area contributed by atoms with Gasteiger partial charge in [0, 0.05) is 12.6 Å². The second-order valence-corrected chi connectivity index (χ2v) is 12.4. The average molecular weight is 600 g/mol. The number of amides is 2. The topological polar surface area (TPSA) is 96.0 Å². The summed E-state index contributed by atoms with van der Waals surface area (Å²) in [5.74, 6) is 0.314. The van der Waals surface area contributed by atoms with Crippen molar-refractivity contribution in [1.82, 2.24) is 10.2 Å². The minimum absolute atomic E-state index is 0.0449. The van der Waals surface area contributed by atoms with Crippen molar-refractivity contribution in [2.45, 2.75) is 51.2 Å². The predicted octanol–water partition coefficient (Wildman–Crippen LogP) is 5.92. The number of carbonyl (C=O) groups excluding carboxylic acids is 2. The summed E-state index contributed by atoms with van der Waals surface area (Å²) in [6.45, 7) is 6.90. The molecule has 0 aliphatic carbocycles. The maximum atomic E-state index is 14.1. The van der Waals surface area contributed by atoms with Gasteiger partial charge in [-0.25, -0.2) is 8.42 Å². The Morgan fingerprint density at radius 1 is 0.767 bits per heavy atom. The van der Waals surface area contributed by atoms with Crippen LogP contribution in [0.2, 0.25) is 0 Å². The molecule has 0 heterocycles. The number of hydrogen-bond acceptors (Lipinski definition) is 5. The summed E-state index contributed by atoms with van der Waals surface area (Å²) >= 11 is 0. The molecule has 1 atom stereocenters. The Kier molecular flexibility index (Phi) is 10.2. The van der Waals surface area contributed by atoms with Gasteiger partial charge in [-0.15, -0.1) is 0 Å². The molecule has 4 aromatic carbocycles. The molecule has 0 radical (unpaired) electrons. The monoisotopic (exact) mass is 599 g/mol. The zero-order valence-corrected chi connectivity index (χ0v) is 25.6. The van der Waals surface area contributed by atoms with E-state index in [1.165, 1.54) is 17.0 Å². The van der Waals surface area contributed by atoms with Gasteiger partial charge < -0.3 is 15.0 Å². The van der Waals surface area contributed by atoms with Gasteiger partial charge in [-0.2, -0.15) is 0 Å². The lowest BCUT2D eigenvalue weighted by molar-refractivity contribution is -0.139. The number of anilines is 1. The molecular weight excluding hydrogens is 562 g/mol. The summed E-state index contributed by atoms with van der Waals surface area (Å²) in [6, 6.07) is 30.3. The fraction of sp³-hybridized carbons (Fsp3) is 0.235. The van der Waals surface area contributed by atoms with Crippen molar-refractivity contribution in [3.63, 3.8) is 0 Å². The van der Waals surface area contributed by atoms with E-state index in [0.717, 1.165) is 15.4 Å². The van der Waals surface area contributed by atoms with E-state index >= 15 is 0 Å². The van der Waals surface area contributed by atoms with Gasteiger partial charge in [0.1, 0.15) is 24.1 Å². The lowest BCUT2D eigenvalue weighted by Crippen LogP contribution is -2.52. The highest BCUT2D eigenvalue weighted by Crippen LogP contribution is 2.28. The largest absolute Gasteiger partial charge is 0.457 e. The van der Waals surface area contributed by atoms with Crippen LogP contribution < -0.4 is 14.4 Å². The normalized spacial score (nSPS) is 11.9. The number of ether oxygens (including phenoxy) is 1. The Labute approximate surface area is 254 Å². The number of hydrogen-bond donors (Lipinski definition) is 1. The van der Waals surface area contributed by atoms with E-state index in [-0.39, 0.29) is 29.1 Å². The van der Waals surface area contributed by atoms with Crippen LogP contribution in [0.1, 0.15) is 31.9 Å². The maximum Gasteiger partial charge on any atom is 0.264 e. The molecule has 0 unspecified atom stereocenters. The van der Waals surface area contributed by atoms with Crippen LogP contribution in [0.5, 0.6) is 11.5 Å². The molecule has 0 fully saturated rings. The first kappa shape index (κ1) is 31.3. The fourth-order valence-corrected chi connectivity index (χ4v) is 5.95. The molecule has 4 rings (SSSR count). The van der Waals surface area contributed by atoms with Crippen molar-refractivity contribution in [1.29, 1.82) is 0 Å². The number of sulfonamides is 1.